The molecule has 8 heteroatoms. The van der Waals surface area contributed by atoms with E-state index >= 15 is 0 Å². The van der Waals surface area contributed by atoms with E-state index in [2.05, 4.69) is 0 Å². The molecule has 6 nitrogen and oxygen atoms in total. The van der Waals surface area contributed by atoms with Gasteiger partial charge in [-0.25, -0.2) is 8.78 Å². The van der Waals surface area contributed by atoms with Gasteiger partial charge >= 0.3 is 0 Å². The predicted molar refractivity (Wildman–Crippen MR) is 105 cm³/mol. The highest BCUT2D eigenvalue weighted by Crippen LogP contribution is 2.37. The lowest BCUT2D eigenvalue weighted by Crippen LogP contribution is -2.41. The minimum absolute atomic E-state index is 0.0436. The Morgan fingerprint density at radius 2 is 1.87 bits per heavy atom. The SMILES string of the molecule is O=C1CC(C(=O)N2CCCc3cc(F)cc(F)c32)CN1c1ccc2c(c1)OCCO2. The number of aryl methyl sites for hydroxylation is 1. The van der Waals surface area contributed by atoms with E-state index in [-0.39, 0.29) is 30.5 Å². The molecule has 5 rings (SSSR count). The van der Waals surface area contributed by atoms with Crippen LogP contribution in [0.15, 0.2) is 30.3 Å². The van der Waals surface area contributed by atoms with Gasteiger partial charge in [0, 0.05) is 37.3 Å². The van der Waals surface area contributed by atoms with Crippen LogP contribution in [0.4, 0.5) is 20.2 Å². The Balaban J connectivity index is 1.38. The van der Waals surface area contributed by atoms with Gasteiger partial charge < -0.3 is 19.3 Å². The summed E-state index contributed by atoms with van der Waals surface area (Å²) >= 11 is 0. The Labute approximate surface area is 172 Å². The fraction of sp³-hybridized carbons (Fsp3) is 0.364. The Morgan fingerprint density at radius 3 is 2.70 bits per heavy atom. The van der Waals surface area contributed by atoms with Crippen LogP contribution in [-0.2, 0) is 16.0 Å². The average molecular weight is 414 g/mol. The van der Waals surface area contributed by atoms with Gasteiger partial charge in [-0.05, 0) is 36.6 Å². The molecule has 0 aliphatic carbocycles. The summed E-state index contributed by atoms with van der Waals surface area (Å²) in [4.78, 5) is 28.8. The number of halogens is 2. The molecule has 2 aromatic rings. The minimum atomic E-state index is -0.744. The predicted octanol–water partition coefficient (Wildman–Crippen LogP) is 3.07. The van der Waals surface area contributed by atoms with Crippen molar-refractivity contribution in [3.05, 3.63) is 47.5 Å². The summed E-state index contributed by atoms with van der Waals surface area (Å²) in [6.07, 6.45) is 1.18. The molecular weight excluding hydrogens is 394 g/mol. The van der Waals surface area contributed by atoms with Gasteiger partial charge in [0.15, 0.2) is 11.5 Å². The fourth-order valence-electron chi connectivity index (χ4n) is 4.41. The van der Waals surface area contributed by atoms with Crippen LogP contribution in [0.5, 0.6) is 11.5 Å². The molecule has 3 aliphatic rings. The maximum atomic E-state index is 14.5. The van der Waals surface area contributed by atoms with Gasteiger partial charge in [-0.1, -0.05) is 0 Å². The number of hydrogen-bond donors (Lipinski definition) is 0. The monoisotopic (exact) mass is 414 g/mol. The summed E-state index contributed by atoms with van der Waals surface area (Å²) in [5.74, 6) is -1.29. The molecule has 30 heavy (non-hydrogen) atoms. The Kier molecular flexibility index (Phi) is 4.56. The third-order valence-corrected chi connectivity index (χ3v) is 5.78. The quantitative estimate of drug-likeness (QED) is 0.758. The topological polar surface area (TPSA) is 59.1 Å². The summed E-state index contributed by atoms with van der Waals surface area (Å²) in [5, 5.41) is 0. The minimum Gasteiger partial charge on any atom is -0.486 e. The third kappa shape index (κ3) is 3.16. The van der Waals surface area contributed by atoms with Crippen LogP contribution in [0.25, 0.3) is 0 Å². The molecule has 1 unspecified atom stereocenters. The number of ether oxygens (including phenoxy) is 2. The molecule has 0 N–H and O–H groups in total. The molecule has 0 bridgehead atoms. The van der Waals surface area contributed by atoms with E-state index in [9.17, 15) is 18.4 Å². The molecule has 1 atom stereocenters. The second-order valence-electron chi connectivity index (χ2n) is 7.72. The van der Waals surface area contributed by atoms with Crippen LogP contribution in [0.1, 0.15) is 18.4 Å². The first-order valence-corrected chi connectivity index (χ1v) is 10.0. The van der Waals surface area contributed by atoms with Crippen molar-refractivity contribution in [3.8, 4) is 11.5 Å². The summed E-state index contributed by atoms with van der Waals surface area (Å²) in [6.45, 7) is 1.46. The van der Waals surface area contributed by atoms with Crippen molar-refractivity contribution >= 4 is 23.2 Å². The third-order valence-electron chi connectivity index (χ3n) is 5.78. The van der Waals surface area contributed by atoms with Gasteiger partial charge in [-0.3, -0.25) is 9.59 Å². The zero-order chi connectivity index (χ0) is 20.8. The number of fused-ring (bicyclic) bond motifs is 2. The molecule has 3 aliphatic heterocycles. The van der Waals surface area contributed by atoms with Crippen LogP contribution < -0.4 is 19.3 Å². The lowest BCUT2D eigenvalue weighted by Gasteiger charge is -2.31. The van der Waals surface area contributed by atoms with Gasteiger partial charge in [0.05, 0.1) is 11.6 Å². The second-order valence-corrected chi connectivity index (χ2v) is 7.72. The van der Waals surface area contributed by atoms with Crippen LogP contribution in [0.3, 0.4) is 0 Å². The maximum Gasteiger partial charge on any atom is 0.232 e. The highest BCUT2D eigenvalue weighted by atomic mass is 19.1. The molecule has 0 spiro atoms. The Bertz CT molecular complexity index is 1040. The maximum absolute atomic E-state index is 14.5. The molecule has 0 aromatic heterocycles. The second kappa shape index (κ2) is 7.27. The molecule has 2 amide bonds. The van der Waals surface area contributed by atoms with Crippen molar-refractivity contribution in [2.24, 2.45) is 5.92 Å². The zero-order valence-corrected chi connectivity index (χ0v) is 16.2. The smallest absolute Gasteiger partial charge is 0.232 e. The number of carbonyl (C=O) groups is 2. The largest absolute Gasteiger partial charge is 0.486 e. The summed E-state index contributed by atoms with van der Waals surface area (Å²) in [5.41, 5.74) is 1.25. The van der Waals surface area contributed by atoms with Crippen LogP contribution in [-0.4, -0.2) is 38.1 Å². The standard InChI is InChI=1S/C22H20F2N2O4/c23-15-8-13-2-1-5-25(21(13)17(24)10-15)22(28)14-9-20(27)26(12-14)16-3-4-18-19(11-16)30-7-6-29-18/h3-4,8,10-11,14H,1-2,5-7,9,12H2. The van der Waals surface area contributed by atoms with Gasteiger partial charge in [-0.15, -0.1) is 0 Å². The van der Waals surface area contributed by atoms with Crippen LogP contribution in [0.2, 0.25) is 0 Å². The normalized spacial score (nSPS) is 20.3. The van der Waals surface area contributed by atoms with E-state index in [0.717, 1.165) is 6.07 Å². The highest BCUT2D eigenvalue weighted by molar-refractivity contribution is 6.05. The first-order valence-electron chi connectivity index (χ1n) is 10.0. The van der Waals surface area contributed by atoms with Crippen molar-refractivity contribution in [1.82, 2.24) is 0 Å². The van der Waals surface area contributed by atoms with E-state index in [1.807, 2.05) is 0 Å². The first kappa shape index (κ1) is 18.8. The van der Waals surface area contributed by atoms with E-state index in [1.165, 1.54) is 11.0 Å². The van der Waals surface area contributed by atoms with Crippen LogP contribution >= 0.6 is 0 Å². The van der Waals surface area contributed by atoms with Crippen molar-refractivity contribution in [2.45, 2.75) is 19.3 Å². The number of benzene rings is 2. The average Bonchev–Trinajstić information content (AvgIpc) is 3.13. The fourth-order valence-corrected chi connectivity index (χ4v) is 4.41. The number of amides is 2. The molecule has 1 saturated heterocycles. The number of rotatable bonds is 2. The van der Waals surface area contributed by atoms with Gasteiger partial charge in [0.2, 0.25) is 11.8 Å². The Morgan fingerprint density at radius 1 is 1.07 bits per heavy atom. The summed E-state index contributed by atoms with van der Waals surface area (Å²) in [6, 6.07) is 7.32. The van der Waals surface area contributed by atoms with E-state index < -0.39 is 17.6 Å². The Hall–Kier alpha value is -3.16. The van der Waals surface area contributed by atoms with Crippen molar-refractivity contribution in [3.63, 3.8) is 0 Å². The van der Waals surface area contributed by atoms with Crippen molar-refractivity contribution in [1.29, 1.82) is 0 Å². The molecule has 0 saturated carbocycles. The van der Waals surface area contributed by atoms with Crippen molar-refractivity contribution < 1.29 is 27.8 Å². The lowest BCUT2D eigenvalue weighted by atomic mass is 9.98. The zero-order valence-electron chi connectivity index (χ0n) is 16.2. The van der Waals surface area contributed by atoms with Gasteiger partial charge in [0.1, 0.15) is 24.8 Å². The first-order chi connectivity index (χ1) is 14.5. The van der Waals surface area contributed by atoms with Crippen LogP contribution in [0, 0.1) is 17.6 Å². The molecule has 3 heterocycles. The van der Waals surface area contributed by atoms with E-state index in [0.29, 0.717) is 55.4 Å². The van der Waals surface area contributed by atoms with E-state index in [1.54, 1.807) is 23.1 Å². The molecule has 0 radical (unpaired) electrons. The number of hydrogen-bond acceptors (Lipinski definition) is 4. The van der Waals surface area contributed by atoms with Gasteiger partial charge in [0.25, 0.3) is 0 Å². The van der Waals surface area contributed by atoms with Gasteiger partial charge in [-0.2, -0.15) is 0 Å². The number of anilines is 2. The molecule has 1 fully saturated rings. The number of carbonyl (C=O) groups excluding carboxylic acids is 2. The van der Waals surface area contributed by atoms with E-state index in [4.69, 9.17) is 9.47 Å². The summed E-state index contributed by atoms with van der Waals surface area (Å²) < 4.78 is 39.1. The molecule has 156 valence electrons. The lowest BCUT2D eigenvalue weighted by molar-refractivity contribution is -0.124. The number of nitrogens with zero attached hydrogens (tertiary/aromatic N) is 2. The molecular formula is C22H20F2N2O4. The highest BCUT2D eigenvalue weighted by Gasteiger charge is 2.39. The van der Waals surface area contributed by atoms with Crippen molar-refractivity contribution in [2.75, 3.05) is 36.1 Å². The molecule has 2 aromatic carbocycles. The summed E-state index contributed by atoms with van der Waals surface area (Å²) in [7, 11) is 0.